The Labute approximate surface area is 124 Å². The van der Waals surface area contributed by atoms with Crippen molar-refractivity contribution in [3.63, 3.8) is 0 Å². The van der Waals surface area contributed by atoms with E-state index in [9.17, 15) is 9.59 Å². The molecule has 4 nitrogen and oxygen atoms in total. The van der Waals surface area contributed by atoms with Gasteiger partial charge in [-0.15, -0.1) is 11.3 Å². The first-order valence-corrected chi connectivity index (χ1v) is 8.17. The van der Waals surface area contributed by atoms with E-state index in [1.165, 1.54) is 10.4 Å². The quantitative estimate of drug-likeness (QED) is 0.906. The van der Waals surface area contributed by atoms with Crippen LogP contribution in [0.25, 0.3) is 0 Å². The normalized spacial score (nSPS) is 19.9. The Bertz CT molecular complexity index is 484. The number of nitrogens with one attached hydrogen (secondary N) is 1. The highest BCUT2D eigenvalue weighted by molar-refractivity contribution is 7.10. The molecule has 110 valence electrons. The summed E-state index contributed by atoms with van der Waals surface area (Å²) in [5.74, 6) is 0.0503. The molecule has 0 bridgehead atoms. The highest BCUT2D eigenvalue weighted by Gasteiger charge is 2.29. The number of carbonyl (C=O) groups is 2. The second kappa shape index (κ2) is 6.88. The summed E-state index contributed by atoms with van der Waals surface area (Å²) in [6.07, 6.45) is 2.99. The molecule has 2 rings (SSSR count). The number of carbonyl (C=O) groups excluding carboxylic acids is 2. The van der Waals surface area contributed by atoms with Gasteiger partial charge in [-0.1, -0.05) is 20.3 Å². The summed E-state index contributed by atoms with van der Waals surface area (Å²) in [7, 11) is 0. The molecule has 5 heteroatoms. The topological polar surface area (TPSA) is 49.4 Å². The molecule has 1 atom stereocenters. The van der Waals surface area contributed by atoms with Crippen LogP contribution in [0.3, 0.4) is 0 Å². The summed E-state index contributed by atoms with van der Waals surface area (Å²) >= 11 is 1.69. The van der Waals surface area contributed by atoms with Crippen molar-refractivity contribution in [1.82, 2.24) is 10.2 Å². The molecule has 0 aromatic carbocycles. The van der Waals surface area contributed by atoms with Gasteiger partial charge in [-0.2, -0.15) is 0 Å². The smallest absolute Gasteiger partial charge is 0.245 e. The summed E-state index contributed by atoms with van der Waals surface area (Å²) in [6.45, 7) is 5.31. The van der Waals surface area contributed by atoms with Crippen LogP contribution in [0.5, 0.6) is 0 Å². The minimum Gasteiger partial charge on any atom is -0.344 e. The maximum atomic E-state index is 12.5. The van der Waals surface area contributed by atoms with Crippen molar-refractivity contribution in [3.8, 4) is 0 Å². The van der Waals surface area contributed by atoms with Crippen LogP contribution >= 0.6 is 11.3 Å². The average molecular weight is 294 g/mol. The summed E-state index contributed by atoms with van der Waals surface area (Å²) in [5, 5.41) is 4.91. The molecule has 0 radical (unpaired) electrons. The Morgan fingerprint density at radius 1 is 1.40 bits per heavy atom. The second-order valence-electron chi connectivity index (χ2n) is 5.14. The van der Waals surface area contributed by atoms with Crippen molar-refractivity contribution >= 4 is 23.2 Å². The third-order valence-corrected chi connectivity index (χ3v) is 4.63. The van der Waals surface area contributed by atoms with Gasteiger partial charge in [0.05, 0.1) is 6.54 Å². The van der Waals surface area contributed by atoms with Gasteiger partial charge in [0.2, 0.25) is 11.8 Å². The lowest BCUT2D eigenvalue weighted by Crippen LogP contribution is -2.44. The molecular weight excluding hydrogens is 272 g/mol. The summed E-state index contributed by atoms with van der Waals surface area (Å²) in [4.78, 5) is 27.3. The van der Waals surface area contributed by atoms with Crippen LogP contribution in [-0.4, -0.2) is 29.3 Å². The van der Waals surface area contributed by atoms with Gasteiger partial charge in [0.1, 0.15) is 6.04 Å². The standard InChI is InChI=1S/C15H22N2O2S/c1-3-5-12-15(19)17(8-6-14(18)16-12)10-13-11(4-2)7-9-20-13/h7,9,12H,3-6,8,10H2,1-2H3,(H,16,18). The fourth-order valence-electron chi connectivity index (χ4n) is 2.53. The van der Waals surface area contributed by atoms with E-state index in [0.717, 1.165) is 12.8 Å². The molecule has 1 aromatic rings. The zero-order chi connectivity index (χ0) is 14.5. The van der Waals surface area contributed by atoms with Gasteiger partial charge in [-0.3, -0.25) is 9.59 Å². The van der Waals surface area contributed by atoms with Crippen molar-refractivity contribution in [2.45, 2.75) is 52.1 Å². The number of nitrogens with zero attached hydrogens (tertiary/aromatic N) is 1. The van der Waals surface area contributed by atoms with E-state index in [0.29, 0.717) is 25.9 Å². The van der Waals surface area contributed by atoms with Crippen molar-refractivity contribution in [2.24, 2.45) is 0 Å². The van der Waals surface area contributed by atoms with Gasteiger partial charge < -0.3 is 10.2 Å². The maximum Gasteiger partial charge on any atom is 0.245 e. The molecule has 1 aliphatic heterocycles. The first-order chi connectivity index (χ1) is 9.65. The minimum absolute atomic E-state index is 0.0128. The zero-order valence-corrected chi connectivity index (χ0v) is 13.0. The fourth-order valence-corrected chi connectivity index (χ4v) is 3.52. The van der Waals surface area contributed by atoms with Crippen LogP contribution in [0.1, 0.15) is 43.6 Å². The van der Waals surface area contributed by atoms with Crippen LogP contribution < -0.4 is 5.32 Å². The largest absolute Gasteiger partial charge is 0.344 e. The van der Waals surface area contributed by atoms with Crippen LogP contribution in [0.4, 0.5) is 0 Å². The summed E-state index contributed by atoms with van der Waals surface area (Å²) < 4.78 is 0. The van der Waals surface area contributed by atoms with Crippen molar-refractivity contribution in [2.75, 3.05) is 6.54 Å². The van der Waals surface area contributed by atoms with Gasteiger partial charge in [0.15, 0.2) is 0 Å². The number of aryl methyl sites for hydroxylation is 1. The van der Waals surface area contributed by atoms with Crippen LogP contribution in [0, 0.1) is 0 Å². The fraction of sp³-hybridized carbons (Fsp3) is 0.600. The van der Waals surface area contributed by atoms with Crippen LogP contribution in [0.15, 0.2) is 11.4 Å². The number of rotatable bonds is 5. The minimum atomic E-state index is -0.347. The van der Waals surface area contributed by atoms with Gasteiger partial charge in [-0.05, 0) is 29.9 Å². The molecule has 2 heterocycles. The molecule has 0 aliphatic carbocycles. The third kappa shape index (κ3) is 3.39. The third-order valence-electron chi connectivity index (χ3n) is 3.68. The van der Waals surface area contributed by atoms with E-state index < -0.39 is 0 Å². The predicted octanol–water partition coefficient (Wildman–Crippen LogP) is 2.33. The number of hydrogen-bond acceptors (Lipinski definition) is 3. The van der Waals surface area contributed by atoms with E-state index in [4.69, 9.17) is 0 Å². The first kappa shape index (κ1) is 15.0. The monoisotopic (exact) mass is 294 g/mol. The van der Waals surface area contributed by atoms with E-state index in [1.54, 1.807) is 11.3 Å². The number of thiophene rings is 1. The molecule has 1 aliphatic rings. The molecule has 20 heavy (non-hydrogen) atoms. The molecule has 0 saturated carbocycles. The Hall–Kier alpha value is -1.36. The molecular formula is C15H22N2O2S. The summed E-state index contributed by atoms with van der Waals surface area (Å²) in [6, 6.07) is 1.77. The van der Waals surface area contributed by atoms with Gasteiger partial charge in [0.25, 0.3) is 0 Å². The second-order valence-corrected chi connectivity index (χ2v) is 6.14. The first-order valence-electron chi connectivity index (χ1n) is 7.29. The molecule has 2 amide bonds. The van der Waals surface area contributed by atoms with Crippen LogP contribution in [-0.2, 0) is 22.6 Å². The van der Waals surface area contributed by atoms with E-state index in [2.05, 4.69) is 23.7 Å². The molecule has 1 aromatic heterocycles. The van der Waals surface area contributed by atoms with E-state index in [-0.39, 0.29) is 17.9 Å². The average Bonchev–Trinajstić information content (AvgIpc) is 2.84. The SMILES string of the molecule is CCCC1NC(=O)CCN(Cc2sccc2CC)C1=O. The Kier molecular flexibility index (Phi) is 5.17. The molecule has 0 spiro atoms. The van der Waals surface area contributed by atoms with Gasteiger partial charge in [-0.25, -0.2) is 0 Å². The van der Waals surface area contributed by atoms with Gasteiger partial charge >= 0.3 is 0 Å². The molecule has 1 saturated heterocycles. The van der Waals surface area contributed by atoms with E-state index >= 15 is 0 Å². The van der Waals surface area contributed by atoms with E-state index in [1.807, 2.05) is 11.8 Å². The predicted molar refractivity (Wildman–Crippen MR) is 80.6 cm³/mol. The Balaban J connectivity index is 2.12. The summed E-state index contributed by atoms with van der Waals surface area (Å²) in [5.41, 5.74) is 1.30. The number of hydrogen-bond donors (Lipinski definition) is 1. The Morgan fingerprint density at radius 2 is 2.20 bits per heavy atom. The molecule has 1 fully saturated rings. The lowest BCUT2D eigenvalue weighted by atomic mass is 10.1. The Morgan fingerprint density at radius 3 is 2.90 bits per heavy atom. The lowest BCUT2D eigenvalue weighted by Gasteiger charge is -2.23. The zero-order valence-electron chi connectivity index (χ0n) is 12.1. The van der Waals surface area contributed by atoms with Crippen molar-refractivity contribution in [3.05, 3.63) is 21.9 Å². The molecule has 1 N–H and O–H groups in total. The van der Waals surface area contributed by atoms with Crippen molar-refractivity contribution < 1.29 is 9.59 Å². The highest BCUT2D eigenvalue weighted by atomic mass is 32.1. The van der Waals surface area contributed by atoms with Crippen LogP contribution in [0.2, 0.25) is 0 Å². The number of amides is 2. The maximum absolute atomic E-state index is 12.5. The highest BCUT2D eigenvalue weighted by Crippen LogP contribution is 2.21. The molecule has 1 unspecified atom stereocenters. The van der Waals surface area contributed by atoms with Gasteiger partial charge in [0, 0.05) is 17.8 Å². The van der Waals surface area contributed by atoms with Crippen molar-refractivity contribution in [1.29, 1.82) is 0 Å². The lowest BCUT2D eigenvalue weighted by molar-refractivity contribution is -0.134.